The van der Waals surface area contributed by atoms with Crippen molar-refractivity contribution in [2.75, 3.05) is 0 Å². The molecule has 3 rings (SSSR count). The fraction of sp³-hybridized carbons (Fsp3) is 0.800. The number of hydrogen-bond donors (Lipinski definition) is 0. The number of aromatic nitrogens is 4. The van der Waals surface area contributed by atoms with Crippen molar-refractivity contribution >= 4 is 5.78 Å². The lowest BCUT2D eigenvalue weighted by molar-refractivity contribution is -0.122. The Morgan fingerprint density at radius 2 is 2.13 bits per heavy atom. The highest BCUT2D eigenvalue weighted by atomic mass is 16.1. The van der Waals surface area contributed by atoms with Crippen molar-refractivity contribution in [3.8, 4) is 0 Å². The minimum Gasteiger partial charge on any atom is -0.299 e. The number of aryl methyl sites for hydroxylation is 1. The van der Waals surface area contributed by atoms with Gasteiger partial charge in [-0.2, -0.15) is 4.80 Å². The molecular weight excluding hydrogens is 192 g/mol. The Bertz CT molecular complexity index is 390. The number of hydrogen-bond acceptors (Lipinski definition) is 4. The minimum atomic E-state index is 0.276. The highest BCUT2D eigenvalue weighted by molar-refractivity contribution is 5.83. The van der Waals surface area contributed by atoms with Crippen LogP contribution in [0.25, 0.3) is 0 Å². The molecule has 0 N–H and O–H groups in total. The van der Waals surface area contributed by atoms with Gasteiger partial charge in [-0.15, -0.1) is 10.2 Å². The molecular formula is C10H14N4O. The molecule has 5 nitrogen and oxygen atoms in total. The molecule has 1 heterocycles. The SMILES string of the molecule is Cn1nnc(CC(=O)C2CC3CC3C2)n1. The largest absolute Gasteiger partial charge is 0.299 e. The van der Waals surface area contributed by atoms with Crippen molar-refractivity contribution in [3.63, 3.8) is 0 Å². The van der Waals surface area contributed by atoms with E-state index in [1.165, 1.54) is 11.2 Å². The Labute approximate surface area is 87.8 Å². The summed E-state index contributed by atoms with van der Waals surface area (Å²) in [6.07, 6.45) is 3.92. The third kappa shape index (κ3) is 1.66. The molecule has 0 radical (unpaired) electrons. The molecule has 0 aromatic carbocycles. The van der Waals surface area contributed by atoms with Gasteiger partial charge in [0.05, 0.1) is 13.5 Å². The Balaban J connectivity index is 1.61. The van der Waals surface area contributed by atoms with E-state index in [1.807, 2.05) is 0 Å². The van der Waals surface area contributed by atoms with Gasteiger partial charge in [0, 0.05) is 5.92 Å². The summed E-state index contributed by atoms with van der Waals surface area (Å²) in [4.78, 5) is 13.3. The van der Waals surface area contributed by atoms with Gasteiger partial charge in [0.25, 0.3) is 0 Å². The van der Waals surface area contributed by atoms with Crippen LogP contribution < -0.4 is 0 Å². The second kappa shape index (κ2) is 3.12. The number of fused-ring (bicyclic) bond motifs is 1. The van der Waals surface area contributed by atoms with Gasteiger partial charge >= 0.3 is 0 Å². The van der Waals surface area contributed by atoms with E-state index in [1.54, 1.807) is 7.05 Å². The average molecular weight is 206 g/mol. The number of carbonyl (C=O) groups excluding carboxylic acids is 1. The molecule has 15 heavy (non-hydrogen) atoms. The number of tetrazole rings is 1. The van der Waals surface area contributed by atoms with Crippen LogP contribution in [0.15, 0.2) is 0 Å². The first kappa shape index (κ1) is 9.00. The van der Waals surface area contributed by atoms with Gasteiger partial charge in [-0.3, -0.25) is 4.79 Å². The van der Waals surface area contributed by atoms with Crippen LogP contribution in [-0.2, 0) is 18.3 Å². The summed E-state index contributed by atoms with van der Waals surface area (Å²) in [5, 5.41) is 11.6. The zero-order valence-electron chi connectivity index (χ0n) is 8.76. The van der Waals surface area contributed by atoms with E-state index in [-0.39, 0.29) is 5.92 Å². The van der Waals surface area contributed by atoms with E-state index in [2.05, 4.69) is 15.4 Å². The molecule has 2 fully saturated rings. The normalized spacial score (nSPS) is 32.7. The van der Waals surface area contributed by atoms with Crippen LogP contribution in [0.2, 0.25) is 0 Å². The predicted molar refractivity (Wildman–Crippen MR) is 51.8 cm³/mol. The topological polar surface area (TPSA) is 60.7 Å². The van der Waals surface area contributed by atoms with Gasteiger partial charge in [-0.1, -0.05) is 0 Å². The Morgan fingerprint density at radius 1 is 1.40 bits per heavy atom. The summed E-state index contributed by atoms with van der Waals surface area (Å²) >= 11 is 0. The zero-order valence-corrected chi connectivity index (χ0v) is 8.76. The summed E-state index contributed by atoms with van der Waals surface area (Å²) in [7, 11) is 1.71. The van der Waals surface area contributed by atoms with E-state index in [4.69, 9.17) is 0 Å². The fourth-order valence-electron chi connectivity index (χ4n) is 2.67. The van der Waals surface area contributed by atoms with Crippen molar-refractivity contribution in [1.29, 1.82) is 0 Å². The molecule has 0 spiro atoms. The van der Waals surface area contributed by atoms with E-state index in [0.717, 1.165) is 24.7 Å². The maximum Gasteiger partial charge on any atom is 0.182 e. The maximum absolute atomic E-state index is 11.9. The van der Waals surface area contributed by atoms with Gasteiger partial charge in [0.15, 0.2) is 5.82 Å². The molecule has 2 unspecified atom stereocenters. The summed E-state index contributed by atoms with van der Waals surface area (Å²) in [5.41, 5.74) is 0. The Kier molecular flexibility index (Phi) is 1.87. The van der Waals surface area contributed by atoms with Crippen LogP contribution in [0.5, 0.6) is 0 Å². The van der Waals surface area contributed by atoms with Crippen molar-refractivity contribution in [1.82, 2.24) is 20.2 Å². The van der Waals surface area contributed by atoms with E-state index < -0.39 is 0 Å². The molecule has 5 heteroatoms. The molecule has 2 aliphatic carbocycles. The third-order valence-electron chi connectivity index (χ3n) is 3.58. The standard InChI is InChI=1S/C10H14N4O/c1-14-12-10(11-13-14)5-9(15)8-3-6-2-7(6)4-8/h6-8H,2-5H2,1H3. The van der Waals surface area contributed by atoms with Crippen molar-refractivity contribution in [3.05, 3.63) is 5.82 Å². The smallest absolute Gasteiger partial charge is 0.182 e. The highest BCUT2D eigenvalue weighted by Crippen LogP contribution is 2.54. The molecule has 0 saturated heterocycles. The van der Waals surface area contributed by atoms with E-state index >= 15 is 0 Å². The lowest BCUT2D eigenvalue weighted by atomic mass is 9.96. The third-order valence-corrected chi connectivity index (χ3v) is 3.58. The minimum absolute atomic E-state index is 0.276. The van der Waals surface area contributed by atoms with Crippen LogP contribution in [0.3, 0.4) is 0 Å². The average Bonchev–Trinajstić information content (AvgIpc) is 2.61. The van der Waals surface area contributed by atoms with Crippen LogP contribution >= 0.6 is 0 Å². The fourth-order valence-corrected chi connectivity index (χ4v) is 2.67. The summed E-state index contributed by atoms with van der Waals surface area (Å²) in [6, 6.07) is 0. The molecule has 2 saturated carbocycles. The van der Waals surface area contributed by atoms with Crippen LogP contribution in [0.1, 0.15) is 25.1 Å². The Morgan fingerprint density at radius 3 is 2.73 bits per heavy atom. The lowest BCUT2D eigenvalue weighted by Crippen LogP contribution is -2.16. The number of Topliss-reactive ketones (excluding diaryl/α,β-unsaturated/α-hetero) is 1. The van der Waals surface area contributed by atoms with Gasteiger partial charge in [0.1, 0.15) is 5.78 Å². The number of ketones is 1. The molecule has 0 aliphatic heterocycles. The number of rotatable bonds is 3. The van der Waals surface area contributed by atoms with Crippen LogP contribution in [0.4, 0.5) is 0 Å². The van der Waals surface area contributed by atoms with Crippen molar-refractivity contribution in [2.24, 2.45) is 24.8 Å². The van der Waals surface area contributed by atoms with Gasteiger partial charge in [0.2, 0.25) is 0 Å². The van der Waals surface area contributed by atoms with Crippen LogP contribution in [-0.4, -0.2) is 26.0 Å². The predicted octanol–water partition coefficient (Wildman–Crippen LogP) is 0.368. The van der Waals surface area contributed by atoms with Gasteiger partial charge in [-0.25, -0.2) is 0 Å². The van der Waals surface area contributed by atoms with Crippen molar-refractivity contribution in [2.45, 2.75) is 25.7 Å². The molecule has 0 amide bonds. The number of carbonyl (C=O) groups is 1. The quantitative estimate of drug-likeness (QED) is 0.716. The number of nitrogens with zero attached hydrogens (tertiary/aromatic N) is 4. The zero-order chi connectivity index (χ0) is 10.4. The van der Waals surface area contributed by atoms with Gasteiger partial charge in [-0.05, 0) is 36.3 Å². The first-order valence-corrected chi connectivity index (χ1v) is 5.48. The first-order chi connectivity index (χ1) is 7.22. The molecule has 2 atom stereocenters. The second-order valence-electron chi connectivity index (χ2n) is 4.76. The summed E-state index contributed by atoms with van der Waals surface area (Å²) in [6.45, 7) is 0. The Hall–Kier alpha value is -1.26. The monoisotopic (exact) mass is 206 g/mol. The first-order valence-electron chi connectivity index (χ1n) is 5.48. The second-order valence-corrected chi connectivity index (χ2v) is 4.76. The molecule has 0 bridgehead atoms. The van der Waals surface area contributed by atoms with E-state index in [9.17, 15) is 4.79 Å². The molecule has 80 valence electrons. The molecule has 1 aromatic heterocycles. The van der Waals surface area contributed by atoms with Crippen LogP contribution in [0, 0.1) is 17.8 Å². The summed E-state index contributed by atoms with van der Waals surface area (Å²) < 4.78 is 0. The van der Waals surface area contributed by atoms with Crippen molar-refractivity contribution < 1.29 is 4.79 Å². The molecule has 2 aliphatic rings. The maximum atomic E-state index is 11.9. The molecule has 1 aromatic rings. The summed E-state index contributed by atoms with van der Waals surface area (Å²) in [5.74, 6) is 2.85. The lowest BCUT2D eigenvalue weighted by Gasteiger charge is -2.07. The van der Waals surface area contributed by atoms with Gasteiger partial charge < -0.3 is 0 Å². The van der Waals surface area contributed by atoms with E-state index in [0.29, 0.717) is 18.0 Å². The highest BCUT2D eigenvalue weighted by Gasteiger charge is 2.47.